The summed E-state index contributed by atoms with van der Waals surface area (Å²) in [6.07, 6.45) is 2.77. The first kappa shape index (κ1) is 17.2. The van der Waals surface area contributed by atoms with Crippen LogP contribution in [0.25, 0.3) is 0 Å². The van der Waals surface area contributed by atoms with E-state index in [0.717, 1.165) is 36.6 Å². The predicted octanol–water partition coefficient (Wildman–Crippen LogP) is 2.07. The average molecular weight is 339 g/mol. The van der Waals surface area contributed by atoms with Crippen LogP contribution in [0.4, 0.5) is 11.5 Å². The number of carbonyl (C=O) groups is 1. The molecule has 1 fully saturated rings. The molecule has 0 N–H and O–H groups in total. The van der Waals surface area contributed by atoms with E-state index in [1.165, 1.54) is 5.56 Å². The fraction of sp³-hybridized carbons (Fsp3) is 0.421. The molecular formula is C19H25N5O. The summed E-state index contributed by atoms with van der Waals surface area (Å²) in [5.41, 5.74) is 3.08. The van der Waals surface area contributed by atoms with Gasteiger partial charge in [-0.2, -0.15) is 5.10 Å². The van der Waals surface area contributed by atoms with Crippen LogP contribution in [-0.2, 0) is 6.42 Å². The van der Waals surface area contributed by atoms with E-state index in [1.54, 1.807) is 6.20 Å². The third-order valence-corrected chi connectivity index (χ3v) is 4.63. The summed E-state index contributed by atoms with van der Waals surface area (Å²) in [5.74, 6) is 0.955. The van der Waals surface area contributed by atoms with Crippen LogP contribution in [0, 0.1) is 0 Å². The Hall–Kier alpha value is -2.63. The first-order chi connectivity index (χ1) is 12.1. The molecule has 0 saturated carbocycles. The molecule has 2 heterocycles. The van der Waals surface area contributed by atoms with Gasteiger partial charge in [-0.3, -0.25) is 4.79 Å². The summed E-state index contributed by atoms with van der Waals surface area (Å²) in [4.78, 5) is 18.8. The zero-order valence-corrected chi connectivity index (χ0v) is 15.1. The molecule has 6 heteroatoms. The molecule has 1 aliphatic rings. The number of anilines is 2. The summed E-state index contributed by atoms with van der Waals surface area (Å²) in [7, 11) is 3.91. The molecule has 0 aliphatic carbocycles. The van der Waals surface area contributed by atoms with Crippen molar-refractivity contribution in [2.45, 2.75) is 13.3 Å². The standard InChI is InChI=1S/C19H25N5O/c1-4-15-5-7-16(8-6-15)19(25)24-11-9-23(10-12-24)17-13-18(22(2)3)21-20-14-17/h5-8,13-14H,4,9-12H2,1-3H3. The van der Waals surface area contributed by atoms with Gasteiger partial charge < -0.3 is 14.7 Å². The first-order valence-corrected chi connectivity index (χ1v) is 8.71. The number of amides is 1. The number of hydrogen-bond acceptors (Lipinski definition) is 5. The SMILES string of the molecule is CCc1ccc(C(=O)N2CCN(c3cnnc(N(C)C)c3)CC2)cc1. The van der Waals surface area contributed by atoms with Gasteiger partial charge >= 0.3 is 0 Å². The molecule has 0 atom stereocenters. The molecule has 1 aliphatic heterocycles. The third kappa shape index (κ3) is 3.90. The topological polar surface area (TPSA) is 52.6 Å². The molecule has 0 radical (unpaired) electrons. The highest BCUT2D eigenvalue weighted by Crippen LogP contribution is 2.20. The van der Waals surface area contributed by atoms with Crippen molar-refractivity contribution in [1.82, 2.24) is 15.1 Å². The lowest BCUT2D eigenvalue weighted by atomic mass is 10.1. The number of piperazine rings is 1. The van der Waals surface area contributed by atoms with Gasteiger partial charge in [0.25, 0.3) is 5.91 Å². The van der Waals surface area contributed by atoms with E-state index in [9.17, 15) is 4.79 Å². The van der Waals surface area contributed by atoms with Crippen LogP contribution in [0.15, 0.2) is 36.5 Å². The summed E-state index contributed by atoms with van der Waals surface area (Å²) >= 11 is 0. The highest BCUT2D eigenvalue weighted by Gasteiger charge is 2.22. The molecule has 1 amide bonds. The molecule has 6 nitrogen and oxygen atoms in total. The maximum absolute atomic E-state index is 12.7. The van der Waals surface area contributed by atoms with E-state index in [-0.39, 0.29) is 5.91 Å². The van der Waals surface area contributed by atoms with Gasteiger partial charge in [0.15, 0.2) is 5.82 Å². The Morgan fingerprint density at radius 2 is 1.80 bits per heavy atom. The highest BCUT2D eigenvalue weighted by atomic mass is 16.2. The van der Waals surface area contributed by atoms with Gasteiger partial charge in [-0.25, -0.2) is 0 Å². The Kier molecular flexibility index (Phi) is 5.16. The lowest BCUT2D eigenvalue weighted by Crippen LogP contribution is -2.48. The second kappa shape index (κ2) is 7.51. The van der Waals surface area contributed by atoms with Crippen molar-refractivity contribution in [3.63, 3.8) is 0 Å². The Labute approximate surface area is 149 Å². The maximum atomic E-state index is 12.7. The zero-order chi connectivity index (χ0) is 17.8. The molecular weight excluding hydrogens is 314 g/mol. The minimum atomic E-state index is 0.115. The monoisotopic (exact) mass is 339 g/mol. The molecule has 0 spiro atoms. The van der Waals surface area contributed by atoms with Crippen LogP contribution in [0.2, 0.25) is 0 Å². The van der Waals surface area contributed by atoms with E-state index in [0.29, 0.717) is 13.1 Å². The van der Waals surface area contributed by atoms with Crippen molar-refractivity contribution in [3.05, 3.63) is 47.7 Å². The highest BCUT2D eigenvalue weighted by molar-refractivity contribution is 5.94. The summed E-state index contributed by atoms with van der Waals surface area (Å²) in [6, 6.07) is 9.98. The van der Waals surface area contributed by atoms with E-state index in [4.69, 9.17) is 0 Å². The fourth-order valence-corrected chi connectivity index (χ4v) is 2.97. The lowest BCUT2D eigenvalue weighted by Gasteiger charge is -2.36. The average Bonchev–Trinajstić information content (AvgIpc) is 2.67. The van der Waals surface area contributed by atoms with Crippen LogP contribution in [0.1, 0.15) is 22.8 Å². The van der Waals surface area contributed by atoms with Gasteiger partial charge in [0.05, 0.1) is 11.9 Å². The third-order valence-electron chi connectivity index (χ3n) is 4.63. The molecule has 1 aromatic carbocycles. The maximum Gasteiger partial charge on any atom is 0.253 e. The molecule has 1 saturated heterocycles. The number of benzene rings is 1. The predicted molar refractivity (Wildman–Crippen MR) is 100 cm³/mol. The molecule has 1 aromatic heterocycles. The van der Waals surface area contributed by atoms with Crippen molar-refractivity contribution >= 4 is 17.4 Å². The normalized spacial score (nSPS) is 14.5. The van der Waals surface area contributed by atoms with E-state index < -0.39 is 0 Å². The first-order valence-electron chi connectivity index (χ1n) is 8.71. The summed E-state index contributed by atoms with van der Waals surface area (Å²) in [5, 5.41) is 8.20. The molecule has 2 aromatic rings. The Bertz CT molecular complexity index is 721. The minimum Gasteiger partial charge on any atom is -0.367 e. The number of hydrogen-bond donors (Lipinski definition) is 0. The number of rotatable bonds is 4. The fourth-order valence-electron chi connectivity index (χ4n) is 2.97. The van der Waals surface area contributed by atoms with E-state index in [2.05, 4.69) is 22.0 Å². The summed E-state index contributed by atoms with van der Waals surface area (Å²) < 4.78 is 0. The molecule has 3 rings (SSSR count). The number of nitrogens with zero attached hydrogens (tertiary/aromatic N) is 5. The number of carbonyl (C=O) groups excluding carboxylic acids is 1. The molecule has 25 heavy (non-hydrogen) atoms. The molecule has 0 unspecified atom stereocenters. The van der Waals surface area contributed by atoms with E-state index >= 15 is 0 Å². The quantitative estimate of drug-likeness (QED) is 0.853. The largest absolute Gasteiger partial charge is 0.367 e. The van der Waals surface area contributed by atoms with Crippen LogP contribution in [0.3, 0.4) is 0 Å². The van der Waals surface area contributed by atoms with Crippen molar-refractivity contribution in [2.75, 3.05) is 50.1 Å². The van der Waals surface area contributed by atoms with Gasteiger partial charge in [-0.1, -0.05) is 19.1 Å². The van der Waals surface area contributed by atoms with Crippen molar-refractivity contribution in [2.24, 2.45) is 0 Å². The van der Waals surface area contributed by atoms with E-state index in [1.807, 2.05) is 54.2 Å². The van der Waals surface area contributed by atoms with Gasteiger partial charge in [0.2, 0.25) is 0 Å². The van der Waals surface area contributed by atoms with Crippen LogP contribution < -0.4 is 9.80 Å². The van der Waals surface area contributed by atoms with Crippen molar-refractivity contribution < 1.29 is 4.79 Å². The number of aromatic nitrogens is 2. The minimum absolute atomic E-state index is 0.115. The number of aryl methyl sites for hydroxylation is 1. The zero-order valence-electron chi connectivity index (χ0n) is 15.1. The van der Waals surface area contributed by atoms with Gasteiger partial charge in [-0.15, -0.1) is 5.10 Å². The van der Waals surface area contributed by atoms with Gasteiger partial charge in [0.1, 0.15) is 0 Å². The van der Waals surface area contributed by atoms with Crippen molar-refractivity contribution in [3.8, 4) is 0 Å². The molecule has 132 valence electrons. The molecule has 0 bridgehead atoms. The Balaban J connectivity index is 1.63. The van der Waals surface area contributed by atoms with Gasteiger partial charge in [-0.05, 0) is 24.1 Å². The van der Waals surface area contributed by atoms with Gasteiger partial charge in [0, 0.05) is 51.9 Å². The Morgan fingerprint density at radius 1 is 1.12 bits per heavy atom. The Morgan fingerprint density at radius 3 is 2.40 bits per heavy atom. The smallest absolute Gasteiger partial charge is 0.253 e. The van der Waals surface area contributed by atoms with Crippen molar-refractivity contribution in [1.29, 1.82) is 0 Å². The summed E-state index contributed by atoms with van der Waals surface area (Å²) in [6.45, 7) is 5.16. The van der Waals surface area contributed by atoms with Crippen LogP contribution in [0.5, 0.6) is 0 Å². The lowest BCUT2D eigenvalue weighted by molar-refractivity contribution is 0.0747. The second-order valence-corrected chi connectivity index (χ2v) is 6.50. The van der Waals surface area contributed by atoms with Crippen LogP contribution >= 0.6 is 0 Å². The second-order valence-electron chi connectivity index (χ2n) is 6.50. The van der Waals surface area contributed by atoms with Crippen LogP contribution in [-0.4, -0.2) is 61.3 Å².